The normalized spacial score (nSPS) is 10.9. The molecule has 12 rings (SSSR count). The molecule has 0 saturated heterocycles. The lowest BCUT2D eigenvalue weighted by Crippen LogP contribution is -2.29. The van der Waals surface area contributed by atoms with Gasteiger partial charge in [-0.3, -0.25) is 42.5 Å². The number of hydrogen-bond donors (Lipinski definition) is 6. The summed E-state index contributed by atoms with van der Waals surface area (Å²) in [5.41, 5.74) is 4.62. The molecule has 5 aromatic carbocycles. The third kappa shape index (κ3) is 23.2. The van der Waals surface area contributed by atoms with Crippen molar-refractivity contribution in [2.45, 2.75) is 6.92 Å². The van der Waals surface area contributed by atoms with E-state index in [1.54, 1.807) is 63.8 Å². The van der Waals surface area contributed by atoms with Crippen LogP contribution in [-0.4, -0.2) is 198 Å². The van der Waals surface area contributed by atoms with Crippen molar-refractivity contribution in [3.8, 4) is 52.1 Å². The second-order valence-corrected chi connectivity index (χ2v) is 28.9. The number of fused-ring (bicyclic) bond motifs is 3. The highest BCUT2D eigenvalue weighted by atomic mass is 19.1. The number of benzene rings is 5. The second-order valence-electron chi connectivity index (χ2n) is 28.9. The molecular weight excluding hydrogens is 1620 g/mol. The first-order valence-electron chi connectivity index (χ1n) is 38.3. The van der Waals surface area contributed by atoms with E-state index in [9.17, 15) is 51.6 Å². The Kier molecular flexibility index (Phi) is 30.4. The minimum absolute atomic E-state index is 0.0433. The predicted molar refractivity (Wildman–Crippen MR) is 475 cm³/mol. The highest BCUT2D eigenvalue weighted by Crippen LogP contribution is 2.41. The van der Waals surface area contributed by atoms with Crippen molar-refractivity contribution in [1.29, 1.82) is 5.26 Å². The molecule has 12 aromatic rings. The van der Waals surface area contributed by atoms with E-state index in [-0.39, 0.29) is 75.5 Å². The van der Waals surface area contributed by atoms with Gasteiger partial charge < -0.3 is 85.0 Å². The predicted octanol–water partition coefficient (Wildman–Crippen LogP) is 12.1. The SMILES string of the molecule is C=CC(=O)Nc1cc(Nc2ncc3cc(Oc4ccc(F)cc4C#N)c(=O)n(C)c3n2)c(OC)cc1N(C)CCN(C)C.C=CC(=O)Nc1cc(Nc2ncc3cc(Oc4ccc(F)cc4C)c(=O)n(C)c3n2)c(OC)cc1N(C)CCN(C)C.C=CC(=O)Nc1cc(Nc2ncc3cc(Oc4ccc(F)cc4F)c(=O)n(C)c3n2)ncc1N(C)CCN(C)C. The molecule has 0 aliphatic carbocycles. The zero-order valence-corrected chi connectivity index (χ0v) is 71.3. The van der Waals surface area contributed by atoms with Gasteiger partial charge in [-0.1, -0.05) is 19.7 Å². The summed E-state index contributed by atoms with van der Waals surface area (Å²) in [5.74, 6) is -2.08. The first-order valence-corrected chi connectivity index (χ1v) is 38.3. The number of carbonyl (C=O) groups is 3. The van der Waals surface area contributed by atoms with Gasteiger partial charge in [0, 0.05) is 141 Å². The lowest BCUT2D eigenvalue weighted by atomic mass is 10.2. The van der Waals surface area contributed by atoms with Gasteiger partial charge in [0.2, 0.25) is 35.6 Å². The van der Waals surface area contributed by atoms with E-state index >= 15 is 0 Å². The molecule has 0 bridgehead atoms. The van der Waals surface area contributed by atoms with Gasteiger partial charge >= 0.3 is 0 Å². The molecule has 0 atom stereocenters. The number of nitriles is 1. The minimum atomic E-state index is -0.941. The van der Waals surface area contributed by atoms with Crippen LogP contribution in [0.15, 0.2) is 180 Å². The highest BCUT2D eigenvalue weighted by Gasteiger charge is 2.24. The second kappa shape index (κ2) is 41.3. The molecule has 7 heterocycles. The van der Waals surface area contributed by atoms with Crippen LogP contribution in [0, 0.1) is 41.5 Å². The molecule has 0 saturated carbocycles. The Hall–Kier alpha value is -15.4. The molecule has 0 radical (unpaired) electrons. The van der Waals surface area contributed by atoms with E-state index in [1.807, 2.05) is 95.2 Å². The van der Waals surface area contributed by atoms with Crippen molar-refractivity contribution >= 4 is 120 Å². The number of halogens is 4. The van der Waals surface area contributed by atoms with Crippen LogP contribution in [0.1, 0.15) is 11.1 Å². The first kappa shape index (κ1) is 91.9. The number of nitrogens with one attached hydrogen (secondary N) is 6. The lowest BCUT2D eigenvalue weighted by molar-refractivity contribution is -0.112. The number of hydrogen-bond acceptors (Lipinski definition) is 28. The smallest absolute Gasteiger partial charge is 0.294 e. The Bertz CT molecular complexity index is 6340. The molecule has 3 amide bonds. The van der Waals surface area contributed by atoms with E-state index in [0.717, 1.165) is 55.3 Å². The fraction of sp³-hybridized carbons (Fsp3) is 0.241. The Balaban J connectivity index is 0.000000196. The molecule has 6 N–H and O–H groups in total. The maximum atomic E-state index is 14.1. The summed E-state index contributed by atoms with van der Waals surface area (Å²) in [7, 11) is 25.3. The van der Waals surface area contributed by atoms with Crippen molar-refractivity contribution in [3.05, 3.63) is 231 Å². The summed E-state index contributed by atoms with van der Waals surface area (Å²) in [6, 6.07) is 25.2. The van der Waals surface area contributed by atoms with Crippen LogP contribution in [0.3, 0.4) is 0 Å². The number of ether oxygens (including phenoxy) is 5. The van der Waals surface area contributed by atoms with Crippen molar-refractivity contribution < 1.29 is 55.6 Å². The van der Waals surface area contributed by atoms with Gasteiger partial charge in [-0.2, -0.15) is 20.2 Å². The van der Waals surface area contributed by atoms with E-state index in [4.69, 9.17) is 23.7 Å². The van der Waals surface area contributed by atoms with Gasteiger partial charge in [-0.25, -0.2) is 37.5 Å². The van der Waals surface area contributed by atoms with Crippen LogP contribution in [0.4, 0.5) is 86.7 Å². The molecular formula is C87H93F4N23O11. The van der Waals surface area contributed by atoms with Crippen molar-refractivity contribution in [2.24, 2.45) is 21.1 Å². The highest BCUT2D eigenvalue weighted by molar-refractivity contribution is 6.04. The maximum absolute atomic E-state index is 14.1. The molecule has 0 spiro atoms. The minimum Gasteiger partial charge on any atom is -0.494 e. The summed E-state index contributed by atoms with van der Waals surface area (Å²) < 4.78 is 86.4. The number of amides is 3. The number of rotatable bonds is 32. The Labute approximate surface area is 715 Å². The zero-order valence-electron chi connectivity index (χ0n) is 71.3. The summed E-state index contributed by atoms with van der Waals surface area (Å²) in [6.45, 7) is 16.8. The third-order valence-electron chi connectivity index (χ3n) is 19.0. The number of anilines is 12. The van der Waals surface area contributed by atoms with Crippen LogP contribution < -0.4 is 87.0 Å². The Morgan fingerprint density at radius 3 is 1.17 bits per heavy atom. The van der Waals surface area contributed by atoms with Crippen LogP contribution in [0.5, 0.6) is 46.0 Å². The van der Waals surface area contributed by atoms with Crippen LogP contribution in [-0.2, 0) is 35.5 Å². The van der Waals surface area contributed by atoms with E-state index in [1.165, 1.54) is 102 Å². The number of pyridine rings is 4. The van der Waals surface area contributed by atoms with Gasteiger partial charge in [0.15, 0.2) is 28.8 Å². The summed E-state index contributed by atoms with van der Waals surface area (Å²) in [4.78, 5) is 119. The third-order valence-corrected chi connectivity index (χ3v) is 19.0. The number of methoxy groups -OCH3 is 2. The topological polar surface area (TPSA) is 369 Å². The van der Waals surface area contributed by atoms with Crippen LogP contribution >= 0.6 is 0 Å². The van der Waals surface area contributed by atoms with Gasteiger partial charge in [0.1, 0.15) is 69.3 Å². The van der Waals surface area contributed by atoms with E-state index in [2.05, 4.69) is 96.3 Å². The number of aromatic nitrogens is 10. The molecule has 0 aliphatic rings. The average molecular weight is 1710 g/mol. The number of likely N-dealkylation sites (N-methyl/N-ethyl adjacent to an activating group) is 6. The molecule has 0 unspecified atom stereocenters. The number of carbonyl (C=O) groups excluding carboxylic acids is 3. The van der Waals surface area contributed by atoms with Crippen LogP contribution in [0.25, 0.3) is 33.1 Å². The molecule has 38 heteroatoms. The van der Waals surface area contributed by atoms with Crippen molar-refractivity contribution in [1.82, 2.24) is 63.3 Å². The Morgan fingerprint density at radius 1 is 0.424 bits per heavy atom. The monoisotopic (exact) mass is 1710 g/mol. The largest absolute Gasteiger partial charge is 0.494 e. The summed E-state index contributed by atoms with van der Waals surface area (Å²) in [5, 5.41) is 28.5. The van der Waals surface area contributed by atoms with Crippen LogP contribution in [0.2, 0.25) is 0 Å². The first-order chi connectivity index (χ1) is 59.6. The molecule has 0 fully saturated rings. The molecule has 34 nitrogen and oxygen atoms in total. The number of nitrogens with zero attached hydrogens (tertiary/aromatic N) is 17. The quantitative estimate of drug-likeness (QED) is 0.0168. The molecule has 0 aliphatic heterocycles. The standard InChI is InChI=1S/C30H31FN8O4.C30H34FN7O4.C27H28F2N8O3/c1-7-27(40)34-21-14-22(25(42-6)15-23(21)38(4)11-10-37(2)3)35-30-33-17-19-13-26(29(41)39(5)28(19)36-30)43-24-9-8-20(31)12-18(24)16-32;1-8-27(39)33-21-15-22(25(41-7)16-23(21)37(5)12-11-36(3)4)34-30-32-17-19-14-26(29(40)38(6)28(19)35-30)42-24-10-9-20(31)13-18(24)2;1-6-24(38)32-19-13-23(30-15-20(19)36(4)10-9-35(2)3)33-27-31-14-16-11-22(26(39)37(5)25(16)34-27)40-21-8-7-17(28)12-18(21)29/h7-9,12-15,17H,1,10-11H2,2-6H3,(H,34,40)(H,33,35,36);8-10,13-17H,1,11-12H2,2-7H3,(H,33,39)(H,32,34,35);6-8,11-15H,1,9-10H2,2-5H3,(H2,30,31,32,33,34,38). The van der Waals surface area contributed by atoms with Crippen molar-refractivity contribution in [3.63, 3.8) is 0 Å². The van der Waals surface area contributed by atoms with Gasteiger partial charge in [-0.15, -0.1) is 0 Å². The average Bonchev–Trinajstić information content (AvgIpc) is 0.784. The van der Waals surface area contributed by atoms with E-state index < -0.39 is 39.9 Å². The van der Waals surface area contributed by atoms with Gasteiger partial charge in [-0.05, 0) is 152 Å². The maximum Gasteiger partial charge on any atom is 0.294 e. The molecule has 7 aromatic heterocycles. The summed E-state index contributed by atoms with van der Waals surface area (Å²) >= 11 is 0. The van der Waals surface area contributed by atoms with Gasteiger partial charge in [0.05, 0.1) is 71.5 Å². The lowest BCUT2D eigenvalue weighted by Gasteiger charge is -2.26. The van der Waals surface area contributed by atoms with E-state index in [0.29, 0.717) is 116 Å². The zero-order chi connectivity index (χ0) is 90.8. The van der Waals surface area contributed by atoms with Gasteiger partial charge in [0.25, 0.3) is 16.7 Å². The Morgan fingerprint density at radius 2 is 0.784 bits per heavy atom. The summed E-state index contributed by atoms with van der Waals surface area (Å²) in [6.07, 6.45) is 9.69. The van der Waals surface area contributed by atoms with Crippen molar-refractivity contribution in [2.75, 3.05) is 164 Å². The fourth-order valence-electron chi connectivity index (χ4n) is 12.1. The number of aryl methyl sites for hydroxylation is 4. The molecule has 125 heavy (non-hydrogen) atoms. The molecule has 650 valence electrons. The fourth-order valence-corrected chi connectivity index (χ4v) is 12.1.